The molecule has 7 heteroatoms. The molecular weight excluding hydrogens is 289 g/mol. The Morgan fingerprint density at radius 2 is 2.00 bits per heavy atom. The van der Waals surface area contributed by atoms with E-state index in [1.54, 1.807) is 18.2 Å². The highest BCUT2D eigenvalue weighted by Crippen LogP contribution is 2.16. The molecule has 110 valence electrons. The molecule has 0 saturated heterocycles. The highest BCUT2D eigenvalue weighted by atomic mass is 19.1. The first-order valence-corrected chi connectivity index (χ1v) is 6.43. The Hall–Kier alpha value is -3.09. The van der Waals surface area contributed by atoms with Crippen molar-refractivity contribution in [1.29, 1.82) is 0 Å². The second-order valence-electron chi connectivity index (χ2n) is 4.73. The molecule has 3 aromatic rings. The number of non-ortho nitro benzene ring substituents is 1. The fourth-order valence-corrected chi connectivity index (χ4v) is 2.18. The van der Waals surface area contributed by atoms with Crippen LogP contribution < -0.4 is 5.56 Å². The Morgan fingerprint density at radius 3 is 2.73 bits per heavy atom. The number of rotatable bonds is 3. The summed E-state index contributed by atoms with van der Waals surface area (Å²) >= 11 is 0. The summed E-state index contributed by atoms with van der Waals surface area (Å²) in [5, 5.41) is 10.9. The van der Waals surface area contributed by atoms with Crippen LogP contribution in [0.2, 0.25) is 0 Å². The quantitative estimate of drug-likeness (QED) is 0.550. The van der Waals surface area contributed by atoms with E-state index in [4.69, 9.17) is 0 Å². The van der Waals surface area contributed by atoms with Crippen molar-refractivity contribution >= 4 is 16.6 Å². The number of halogens is 1. The number of benzene rings is 2. The lowest BCUT2D eigenvalue weighted by molar-refractivity contribution is -0.384. The molecule has 0 bridgehead atoms. The molecule has 2 aromatic carbocycles. The zero-order chi connectivity index (χ0) is 15.7. The molecule has 22 heavy (non-hydrogen) atoms. The lowest BCUT2D eigenvalue weighted by Gasteiger charge is -2.07. The monoisotopic (exact) mass is 299 g/mol. The Balaban J connectivity index is 2.11. The van der Waals surface area contributed by atoms with Crippen LogP contribution in [-0.4, -0.2) is 14.5 Å². The average Bonchev–Trinajstić information content (AvgIpc) is 2.52. The third kappa shape index (κ3) is 2.44. The second-order valence-corrected chi connectivity index (χ2v) is 4.73. The molecular formula is C15H10FN3O3. The minimum atomic E-state index is -0.576. The van der Waals surface area contributed by atoms with E-state index in [-0.39, 0.29) is 17.6 Å². The summed E-state index contributed by atoms with van der Waals surface area (Å²) in [6, 6.07) is 9.99. The van der Waals surface area contributed by atoms with Gasteiger partial charge >= 0.3 is 0 Å². The first-order valence-electron chi connectivity index (χ1n) is 6.43. The zero-order valence-electron chi connectivity index (χ0n) is 11.3. The SMILES string of the molecule is O=c1c2cc([N+](=O)[O-])ccc2ncn1Cc1ccccc1F. The van der Waals surface area contributed by atoms with Gasteiger partial charge in [-0.2, -0.15) is 0 Å². The lowest BCUT2D eigenvalue weighted by atomic mass is 10.2. The maximum atomic E-state index is 13.7. The zero-order valence-corrected chi connectivity index (χ0v) is 11.3. The van der Waals surface area contributed by atoms with Crippen molar-refractivity contribution < 1.29 is 9.31 Å². The molecule has 0 aliphatic carbocycles. The van der Waals surface area contributed by atoms with Gasteiger partial charge in [-0.15, -0.1) is 0 Å². The summed E-state index contributed by atoms with van der Waals surface area (Å²) in [6.07, 6.45) is 1.31. The van der Waals surface area contributed by atoms with E-state index in [1.165, 1.54) is 35.2 Å². The van der Waals surface area contributed by atoms with Crippen LogP contribution in [0.4, 0.5) is 10.1 Å². The van der Waals surface area contributed by atoms with E-state index >= 15 is 0 Å². The Morgan fingerprint density at radius 1 is 1.23 bits per heavy atom. The second kappa shape index (κ2) is 5.36. The maximum Gasteiger partial charge on any atom is 0.270 e. The molecule has 1 aromatic heterocycles. The van der Waals surface area contributed by atoms with Crippen LogP contribution in [0, 0.1) is 15.9 Å². The molecule has 0 fully saturated rings. The van der Waals surface area contributed by atoms with Crippen molar-refractivity contribution in [2.24, 2.45) is 0 Å². The van der Waals surface area contributed by atoms with Crippen LogP contribution in [0.25, 0.3) is 10.9 Å². The summed E-state index contributed by atoms with van der Waals surface area (Å²) in [5.41, 5.74) is 0.0727. The fraction of sp³-hybridized carbons (Fsp3) is 0.0667. The number of nitro groups is 1. The first-order chi connectivity index (χ1) is 10.6. The highest BCUT2D eigenvalue weighted by molar-refractivity contribution is 5.79. The number of nitro benzene ring substituents is 1. The van der Waals surface area contributed by atoms with Gasteiger partial charge in [-0.05, 0) is 12.1 Å². The van der Waals surface area contributed by atoms with Crippen LogP contribution in [0.5, 0.6) is 0 Å². The molecule has 0 atom stereocenters. The van der Waals surface area contributed by atoms with Gasteiger partial charge in [0.25, 0.3) is 11.2 Å². The van der Waals surface area contributed by atoms with E-state index in [9.17, 15) is 19.3 Å². The molecule has 0 unspecified atom stereocenters. The van der Waals surface area contributed by atoms with Gasteiger partial charge < -0.3 is 0 Å². The standard InChI is InChI=1S/C15H10FN3O3/c16-13-4-2-1-3-10(13)8-18-9-17-14-6-5-11(19(21)22)7-12(14)15(18)20/h1-7,9H,8H2. The first kappa shape index (κ1) is 13.9. The van der Waals surface area contributed by atoms with E-state index in [1.807, 2.05) is 0 Å². The predicted molar refractivity (Wildman–Crippen MR) is 78.2 cm³/mol. The summed E-state index contributed by atoms with van der Waals surface area (Å²) in [5.74, 6) is -0.423. The molecule has 0 amide bonds. The van der Waals surface area contributed by atoms with Gasteiger partial charge in [0.2, 0.25) is 0 Å². The molecule has 0 spiro atoms. The third-order valence-electron chi connectivity index (χ3n) is 3.32. The predicted octanol–water partition coefficient (Wildman–Crippen LogP) is 2.49. The summed E-state index contributed by atoms with van der Waals surface area (Å²) in [6.45, 7) is 0.0111. The van der Waals surface area contributed by atoms with Gasteiger partial charge in [0.1, 0.15) is 5.82 Å². The topological polar surface area (TPSA) is 78.0 Å². The van der Waals surface area contributed by atoms with E-state index < -0.39 is 16.3 Å². The van der Waals surface area contributed by atoms with Crippen LogP contribution in [0.15, 0.2) is 53.6 Å². The molecule has 0 saturated carbocycles. The molecule has 0 N–H and O–H groups in total. The van der Waals surface area contributed by atoms with Gasteiger partial charge in [0.05, 0.1) is 28.7 Å². The minimum absolute atomic E-state index is 0.0111. The van der Waals surface area contributed by atoms with Crippen LogP contribution in [-0.2, 0) is 6.54 Å². The van der Waals surface area contributed by atoms with Crippen molar-refractivity contribution in [3.05, 3.63) is 80.6 Å². The van der Waals surface area contributed by atoms with Crippen LogP contribution >= 0.6 is 0 Å². The molecule has 0 aliphatic rings. The molecule has 1 heterocycles. The number of hydrogen-bond donors (Lipinski definition) is 0. The van der Waals surface area contributed by atoms with E-state index in [2.05, 4.69) is 4.98 Å². The maximum absolute atomic E-state index is 13.7. The number of aromatic nitrogens is 2. The molecule has 3 rings (SSSR count). The van der Waals surface area contributed by atoms with Gasteiger partial charge in [-0.1, -0.05) is 18.2 Å². The highest BCUT2D eigenvalue weighted by Gasteiger charge is 2.11. The molecule has 0 radical (unpaired) electrons. The number of nitrogens with zero attached hydrogens (tertiary/aromatic N) is 3. The van der Waals surface area contributed by atoms with Crippen molar-refractivity contribution in [2.45, 2.75) is 6.54 Å². The van der Waals surface area contributed by atoms with Crippen LogP contribution in [0.3, 0.4) is 0 Å². The van der Waals surface area contributed by atoms with E-state index in [0.717, 1.165) is 0 Å². The Kier molecular flexibility index (Phi) is 3.38. The van der Waals surface area contributed by atoms with Crippen molar-refractivity contribution in [1.82, 2.24) is 9.55 Å². The van der Waals surface area contributed by atoms with Crippen molar-refractivity contribution in [3.8, 4) is 0 Å². The van der Waals surface area contributed by atoms with Gasteiger partial charge in [0, 0.05) is 17.7 Å². The minimum Gasteiger partial charge on any atom is -0.294 e. The smallest absolute Gasteiger partial charge is 0.270 e. The molecule has 0 aliphatic heterocycles. The Bertz CT molecular complexity index is 937. The normalized spacial score (nSPS) is 10.8. The third-order valence-corrected chi connectivity index (χ3v) is 3.32. The van der Waals surface area contributed by atoms with Crippen molar-refractivity contribution in [2.75, 3.05) is 0 Å². The van der Waals surface area contributed by atoms with E-state index in [0.29, 0.717) is 11.1 Å². The number of hydrogen-bond acceptors (Lipinski definition) is 4. The fourth-order valence-electron chi connectivity index (χ4n) is 2.18. The Labute approximate surface area is 123 Å². The largest absolute Gasteiger partial charge is 0.294 e. The van der Waals surface area contributed by atoms with Gasteiger partial charge in [-0.3, -0.25) is 19.5 Å². The lowest BCUT2D eigenvalue weighted by Crippen LogP contribution is -2.21. The summed E-state index contributed by atoms with van der Waals surface area (Å²) in [7, 11) is 0. The van der Waals surface area contributed by atoms with Crippen molar-refractivity contribution in [3.63, 3.8) is 0 Å². The summed E-state index contributed by atoms with van der Waals surface area (Å²) < 4.78 is 14.9. The van der Waals surface area contributed by atoms with Gasteiger partial charge in [0.15, 0.2) is 0 Å². The van der Waals surface area contributed by atoms with Gasteiger partial charge in [-0.25, -0.2) is 9.37 Å². The van der Waals surface area contributed by atoms with Crippen LogP contribution in [0.1, 0.15) is 5.56 Å². The molecule has 6 nitrogen and oxygen atoms in total. The number of fused-ring (bicyclic) bond motifs is 1. The average molecular weight is 299 g/mol. The summed E-state index contributed by atoms with van der Waals surface area (Å²) in [4.78, 5) is 26.7.